The summed E-state index contributed by atoms with van der Waals surface area (Å²) in [5.74, 6) is -2.81. The quantitative estimate of drug-likeness (QED) is 0.421. The van der Waals surface area contributed by atoms with E-state index in [1.54, 1.807) is 19.1 Å². The Labute approximate surface area is 246 Å². The normalized spacial score (nSPS) is 44.4. The smallest absolute Gasteiger partial charge is 0.381 e. The molecule has 230 valence electrons. The highest BCUT2D eigenvalue weighted by Crippen LogP contribution is 2.74. The molecule has 8 atom stereocenters. The summed E-state index contributed by atoms with van der Waals surface area (Å²) in [7, 11) is 0. The SMILES string of the molecule is CC[C@@]1(O)C(=O)C(C#N)=C[C@]2(C)C3=CC(=O)C4C5CC(C)(C)CC[C@]5(C(=O)NCC(F)(F)F)CC[C@@]4(C)[C@]3(C)CCC12. The zero-order chi connectivity index (χ0) is 31.3. The second kappa shape index (κ2) is 9.27. The van der Waals surface area contributed by atoms with E-state index >= 15 is 0 Å². The van der Waals surface area contributed by atoms with Crippen LogP contribution in [0.2, 0.25) is 0 Å². The molecule has 0 aromatic heterocycles. The minimum Gasteiger partial charge on any atom is -0.381 e. The lowest BCUT2D eigenvalue weighted by molar-refractivity contribution is -0.184. The molecule has 42 heavy (non-hydrogen) atoms. The molecule has 3 saturated carbocycles. The topological polar surface area (TPSA) is 107 Å². The van der Waals surface area contributed by atoms with Crippen LogP contribution >= 0.6 is 0 Å². The number of nitrogens with one attached hydrogen (secondary N) is 1. The van der Waals surface area contributed by atoms with E-state index in [1.165, 1.54) is 0 Å². The van der Waals surface area contributed by atoms with Gasteiger partial charge in [0.25, 0.3) is 0 Å². The summed E-state index contributed by atoms with van der Waals surface area (Å²) in [6, 6.07) is 1.99. The van der Waals surface area contributed by atoms with Gasteiger partial charge in [-0.3, -0.25) is 14.4 Å². The maximum absolute atomic E-state index is 14.4. The fraction of sp³-hybridized carbons (Fsp3) is 0.758. The van der Waals surface area contributed by atoms with Crippen LogP contribution in [0, 0.1) is 56.2 Å². The van der Waals surface area contributed by atoms with Gasteiger partial charge in [0.15, 0.2) is 5.78 Å². The number of fused-ring (bicyclic) bond motifs is 7. The van der Waals surface area contributed by atoms with Crippen molar-refractivity contribution in [1.82, 2.24) is 5.32 Å². The molecule has 9 heteroatoms. The lowest BCUT2D eigenvalue weighted by Crippen LogP contribution is -2.67. The molecule has 0 saturated heterocycles. The molecule has 0 aliphatic heterocycles. The molecule has 0 heterocycles. The molecule has 5 rings (SSSR count). The number of aliphatic hydroxyl groups is 1. The van der Waals surface area contributed by atoms with E-state index in [4.69, 9.17) is 0 Å². The Morgan fingerprint density at radius 1 is 1.10 bits per heavy atom. The number of carbonyl (C=O) groups excluding carboxylic acids is 3. The van der Waals surface area contributed by atoms with Gasteiger partial charge in [-0.1, -0.05) is 53.2 Å². The number of carbonyl (C=O) groups is 3. The molecule has 3 fully saturated rings. The van der Waals surface area contributed by atoms with Crippen LogP contribution in [-0.4, -0.2) is 40.9 Å². The van der Waals surface area contributed by atoms with E-state index < -0.39 is 69.4 Å². The van der Waals surface area contributed by atoms with E-state index in [2.05, 4.69) is 33.0 Å². The van der Waals surface area contributed by atoms with Crippen LogP contribution in [0.1, 0.15) is 92.9 Å². The maximum Gasteiger partial charge on any atom is 0.405 e. The van der Waals surface area contributed by atoms with Crippen LogP contribution in [-0.2, 0) is 14.4 Å². The first-order chi connectivity index (χ1) is 19.2. The van der Waals surface area contributed by atoms with Crippen molar-refractivity contribution in [2.75, 3.05) is 6.54 Å². The number of halogens is 3. The fourth-order valence-corrected chi connectivity index (χ4v) is 10.3. The summed E-state index contributed by atoms with van der Waals surface area (Å²) >= 11 is 0. The second-order valence-corrected chi connectivity index (χ2v) is 15.3. The fourth-order valence-electron chi connectivity index (χ4n) is 10.3. The average molecular weight is 589 g/mol. The molecule has 0 aromatic carbocycles. The number of rotatable bonds is 3. The molecule has 0 aromatic rings. The van der Waals surface area contributed by atoms with Gasteiger partial charge in [0.1, 0.15) is 18.2 Å². The molecule has 6 nitrogen and oxygen atoms in total. The van der Waals surface area contributed by atoms with Gasteiger partial charge in [0.2, 0.25) is 11.7 Å². The van der Waals surface area contributed by atoms with Crippen molar-refractivity contribution in [3.05, 3.63) is 23.3 Å². The van der Waals surface area contributed by atoms with Crippen LogP contribution in [0.5, 0.6) is 0 Å². The molecule has 0 bridgehead atoms. The predicted octanol–water partition coefficient (Wildman–Crippen LogP) is 6.00. The molecular formula is C33H43F3N2O4. The first kappa shape index (κ1) is 31.0. The number of nitrogens with zero attached hydrogens (tertiary/aromatic N) is 1. The first-order valence-electron chi connectivity index (χ1n) is 15.3. The summed E-state index contributed by atoms with van der Waals surface area (Å²) in [5.41, 5.74) is -4.32. The summed E-state index contributed by atoms with van der Waals surface area (Å²) < 4.78 is 39.4. The zero-order valence-corrected chi connectivity index (χ0v) is 25.5. The predicted molar refractivity (Wildman–Crippen MR) is 149 cm³/mol. The van der Waals surface area contributed by atoms with Crippen LogP contribution in [0.15, 0.2) is 23.3 Å². The third kappa shape index (κ3) is 4.03. The Morgan fingerprint density at radius 3 is 2.33 bits per heavy atom. The minimum absolute atomic E-state index is 0.0963. The summed E-state index contributed by atoms with van der Waals surface area (Å²) in [5, 5.41) is 23.7. The summed E-state index contributed by atoms with van der Waals surface area (Å²) in [6.07, 6.45) is 2.59. The highest BCUT2D eigenvalue weighted by molar-refractivity contribution is 6.06. The van der Waals surface area contributed by atoms with Crippen molar-refractivity contribution < 1.29 is 32.7 Å². The first-order valence-corrected chi connectivity index (χ1v) is 15.3. The number of hydrogen-bond acceptors (Lipinski definition) is 5. The van der Waals surface area contributed by atoms with Gasteiger partial charge in [-0.05, 0) is 79.6 Å². The average Bonchev–Trinajstić information content (AvgIpc) is 2.90. The van der Waals surface area contributed by atoms with Crippen LogP contribution in [0.4, 0.5) is 13.2 Å². The van der Waals surface area contributed by atoms with E-state index in [-0.39, 0.29) is 23.2 Å². The van der Waals surface area contributed by atoms with E-state index in [0.29, 0.717) is 44.9 Å². The summed E-state index contributed by atoms with van der Waals surface area (Å²) in [4.78, 5) is 41.3. The Balaban J connectivity index is 1.65. The van der Waals surface area contributed by atoms with E-state index in [9.17, 15) is 37.9 Å². The van der Waals surface area contributed by atoms with Crippen LogP contribution < -0.4 is 5.32 Å². The molecule has 1 amide bonds. The third-order valence-corrected chi connectivity index (χ3v) is 12.8. The molecular weight excluding hydrogens is 545 g/mol. The van der Waals surface area contributed by atoms with E-state index in [1.807, 2.05) is 13.0 Å². The monoisotopic (exact) mass is 588 g/mol. The van der Waals surface area contributed by atoms with Crippen molar-refractivity contribution >= 4 is 17.5 Å². The van der Waals surface area contributed by atoms with Crippen molar-refractivity contribution in [2.24, 2.45) is 44.8 Å². The third-order valence-electron chi connectivity index (χ3n) is 12.8. The Kier molecular flexibility index (Phi) is 6.83. The van der Waals surface area contributed by atoms with Gasteiger partial charge in [-0.2, -0.15) is 18.4 Å². The second-order valence-electron chi connectivity index (χ2n) is 15.3. The van der Waals surface area contributed by atoms with Crippen LogP contribution in [0.25, 0.3) is 0 Å². The highest BCUT2D eigenvalue weighted by Gasteiger charge is 2.71. The maximum atomic E-state index is 14.4. The largest absolute Gasteiger partial charge is 0.405 e. The molecule has 0 spiro atoms. The lowest BCUT2D eigenvalue weighted by Gasteiger charge is -2.68. The van der Waals surface area contributed by atoms with Crippen molar-refractivity contribution in [3.63, 3.8) is 0 Å². The standard InChI is InChI=1S/C33H43F3N2O4/c1-7-32(42)22-8-9-29(5)23(28(22,4)15-19(17-37)25(32)40)14-21(39)24-20-16-27(2,3)10-12-31(20,13-11-30(24,29)6)26(41)38-18-33(34,35)36/h14-15,20,22,24,42H,7-13,16,18H2,1-6H3,(H,38,41)/t20?,22?,24?,28-,29+,30+,31-,32-/m0/s1. The van der Waals surface area contributed by atoms with Crippen molar-refractivity contribution in [2.45, 2.75) is 105 Å². The lowest BCUT2D eigenvalue weighted by atomic mass is 9.34. The summed E-state index contributed by atoms with van der Waals surface area (Å²) in [6.45, 7) is 10.7. The number of ketones is 2. The Hall–Kier alpha value is -2.47. The van der Waals surface area contributed by atoms with Gasteiger partial charge in [0, 0.05) is 17.3 Å². The van der Waals surface area contributed by atoms with Gasteiger partial charge in [-0.25, -0.2) is 0 Å². The Morgan fingerprint density at radius 2 is 1.74 bits per heavy atom. The number of allylic oxidation sites excluding steroid dienone is 3. The highest BCUT2D eigenvalue weighted by atomic mass is 19.4. The number of Topliss-reactive ketones (excluding diaryl/α,β-unsaturated/α-hetero) is 1. The molecule has 0 radical (unpaired) electrons. The molecule has 5 aliphatic carbocycles. The zero-order valence-electron chi connectivity index (χ0n) is 25.5. The van der Waals surface area contributed by atoms with Gasteiger partial charge in [0.05, 0.1) is 11.0 Å². The number of alkyl halides is 3. The Bertz CT molecular complexity index is 1340. The molecule has 5 aliphatic rings. The molecule has 2 N–H and O–H groups in total. The van der Waals surface area contributed by atoms with Crippen molar-refractivity contribution in [1.29, 1.82) is 5.26 Å². The number of amides is 1. The van der Waals surface area contributed by atoms with E-state index in [0.717, 1.165) is 5.57 Å². The van der Waals surface area contributed by atoms with Gasteiger partial charge < -0.3 is 10.4 Å². The van der Waals surface area contributed by atoms with Gasteiger partial charge >= 0.3 is 6.18 Å². The molecule has 3 unspecified atom stereocenters. The number of hydrogen-bond donors (Lipinski definition) is 2. The van der Waals surface area contributed by atoms with Crippen LogP contribution in [0.3, 0.4) is 0 Å². The number of nitriles is 1. The van der Waals surface area contributed by atoms with Crippen molar-refractivity contribution in [3.8, 4) is 6.07 Å². The minimum atomic E-state index is -4.53. The van der Waals surface area contributed by atoms with Gasteiger partial charge in [-0.15, -0.1) is 0 Å².